The highest BCUT2D eigenvalue weighted by Gasteiger charge is 2.21. The van der Waals surface area contributed by atoms with Crippen molar-refractivity contribution in [3.05, 3.63) is 34.9 Å². The molecule has 0 heterocycles. The Hall–Kier alpha value is -1.27. The Labute approximate surface area is 151 Å². The van der Waals surface area contributed by atoms with Gasteiger partial charge in [-0.25, -0.2) is 8.42 Å². The third-order valence-electron chi connectivity index (χ3n) is 3.76. The average Bonchev–Trinajstić information content (AvgIpc) is 2.45. The summed E-state index contributed by atoms with van der Waals surface area (Å²) < 4.78 is 22.7. The van der Waals surface area contributed by atoms with Crippen LogP contribution in [0.5, 0.6) is 0 Å². The number of hydrogen-bond donors (Lipinski definition) is 1. The highest BCUT2D eigenvalue weighted by molar-refractivity contribution is 7.90. The van der Waals surface area contributed by atoms with Gasteiger partial charge >= 0.3 is 0 Å². The fraction of sp³-hybridized carbons (Fsp3) is 0.588. The number of nitrogens with zero attached hydrogens (tertiary/aromatic N) is 2. The molecule has 0 aromatic heterocycles. The molecule has 0 atom stereocenters. The maximum Gasteiger partial charge on any atom is 0.193 e. The molecule has 0 unspecified atom stereocenters. The Kier molecular flexibility index (Phi) is 7.55. The first-order valence-corrected chi connectivity index (χ1v) is 10.3. The summed E-state index contributed by atoms with van der Waals surface area (Å²) in [5.41, 5.74) is 0.958. The van der Waals surface area contributed by atoms with Gasteiger partial charge in [-0.1, -0.05) is 37.6 Å². The maximum atomic E-state index is 11.3. The van der Waals surface area contributed by atoms with Gasteiger partial charge in [-0.05, 0) is 29.5 Å². The van der Waals surface area contributed by atoms with Crippen molar-refractivity contribution in [3.8, 4) is 0 Å². The largest absolute Gasteiger partial charge is 0.356 e. The summed E-state index contributed by atoms with van der Waals surface area (Å²) in [7, 11) is 0.751. The third kappa shape index (κ3) is 8.02. The summed E-state index contributed by atoms with van der Waals surface area (Å²) in [5, 5.41) is 4.04. The zero-order valence-electron chi connectivity index (χ0n) is 15.1. The number of benzene rings is 1. The summed E-state index contributed by atoms with van der Waals surface area (Å²) in [6.45, 7) is 5.43. The number of hydrogen-bond acceptors (Lipinski definition) is 3. The van der Waals surface area contributed by atoms with E-state index in [2.05, 4.69) is 24.2 Å². The van der Waals surface area contributed by atoms with E-state index in [1.54, 1.807) is 7.05 Å². The van der Waals surface area contributed by atoms with E-state index in [9.17, 15) is 8.42 Å². The van der Waals surface area contributed by atoms with Crippen molar-refractivity contribution < 1.29 is 8.42 Å². The minimum absolute atomic E-state index is 0.143. The van der Waals surface area contributed by atoms with Crippen molar-refractivity contribution in [2.24, 2.45) is 10.4 Å². The molecule has 0 saturated carbocycles. The van der Waals surface area contributed by atoms with E-state index in [1.165, 1.54) is 6.26 Å². The lowest BCUT2D eigenvalue weighted by Crippen LogP contribution is -2.43. The summed E-state index contributed by atoms with van der Waals surface area (Å²) in [6, 6.07) is 7.73. The second kappa shape index (κ2) is 8.72. The minimum atomic E-state index is -2.94. The average molecular weight is 374 g/mol. The molecule has 0 aliphatic heterocycles. The Bertz CT molecular complexity index is 672. The molecule has 5 nitrogen and oxygen atoms in total. The Balaban J connectivity index is 2.60. The lowest BCUT2D eigenvalue weighted by molar-refractivity contribution is 0.340. The predicted molar refractivity (Wildman–Crippen MR) is 102 cm³/mol. The van der Waals surface area contributed by atoms with Crippen molar-refractivity contribution in [3.63, 3.8) is 0 Å². The fourth-order valence-corrected chi connectivity index (χ4v) is 3.37. The van der Waals surface area contributed by atoms with Gasteiger partial charge in [-0.15, -0.1) is 0 Å². The van der Waals surface area contributed by atoms with E-state index in [4.69, 9.17) is 11.6 Å². The van der Waals surface area contributed by atoms with E-state index in [1.807, 2.05) is 36.2 Å². The standard InChI is InChI=1S/C17H28ClN3O2S/c1-17(2,9-10-24(5,22)23)13-20-16(19-3)21(4)12-14-7-6-8-15(18)11-14/h6-8,11H,9-10,12-13H2,1-5H3,(H,19,20). The van der Waals surface area contributed by atoms with Crippen LogP contribution < -0.4 is 5.32 Å². The van der Waals surface area contributed by atoms with E-state index in [0.717, 1.165) is 11.5 Å². The quantitative estimate of drug-likeness (QED) is 0.589. The number of sulfone groups is 1. The zero-order valence-corrected chi connectivity index (χ0v) is 16.7. The predicted octanol–water partition coefficient (Wildman–Crippen LogP) is 2.81. The number of aliphatic imine (C=N–C) groups is 1. The first-order valence-electron chi connectivity index (χ1n) is 7.86. The van der Waals surface area contributed by atoms with Crippen LogP contribution in [0.3, 0.4) is 0 Å². The van der Waals surface area contributed by atoms with Crippen LogP contribution in [0.1, 0.15) is 25.8 Å². The van der Waals surface area contributed by atoms with Gasteiger partial charge in [0, 0.05) is 38.5 Å². The first-order chi connectivity index (χ1) is 11.0. The van der Waals surface area contributed by atoms with E-state index >= 15 is 0 Å². The zero-order chi connectivity index (χ0) is 18.4. The van der Waals surface area contributed by atoms with Gasteiger partial charge in [0.25, 0.3) is 0 Å². The molecule has 1 rings (SSSR count). The minimum Gasteiger partial charge on any atom is -0.356 e. The molecule has 0 bridgehead atoms. The summed E-state index contributed by atoms with van der Waals surface area (Å²) in [4.78, 5) is 6.31. The summed E-state index contributed by atoms with van der Waals surface area (Å²) >= 11 is 6.02. The van der Waals surface area contributed by atoms with Crippen LogP contribution in [0.4, 0.5) is 0 Å². The Morgan fingerprint density at radius 3 is 2.58 bits per heavy atom. The molecule has 7 heteroatoms. The van der Waals surface area contributed by atoms with Gasteiger partial charge in [0.2, 0.25) is 0 Å². The Morgan fingerprint density at radius 1 is 1.38 bits per heavy atom. The second-order valence-electron chi connectivity index (χ2n) is 6.93. The van der Waals surface area contributed by atoms with Crippen LogP contribution in [-0.4, -0.2) is 51.9 Å². The van der Waals surface area contributed by atoms with Crippen molar-refractivity contribution in [2.75, 3.05) is 32.6 Å². The molecule has 136 valence electrons. The van der Waals surface area contributed by atoms with Gasteiger partial charge in [0.05, 0.1) is 5.75 Å². The van der Waals surface area contributed by atoms with Crippen LogP contribution in [0.25, 0.3) is 0 Å². The molecule has 0 aliphatic rings. The smallest absolute Gasteiger partial charge is 0.193 e. The number of nitrogens with one attached hydrogen (secondary N) is 1. The van der Waals surface area contributed by atoms with Crippen LogP contribution in [0.2, 0.25) is 5.02 Å². The van der Waals surface area contributed by atoms with Crippen LogP contribution >= 0.6 is 11.6 Å². The van der Waals surface area contributed by atoms with E-state index < -0.39 is 9.84 Å². The maximum absolute atomic E-state index is 11.3. The molecular formula is C17H28ClN3O2S. The van der Waals surface area contributed by atoms with E-state index in [-0.39, 0.29) is 11.2 Å². The molecule has 0 radical (unpaired) electrons. The van der Waals surface area contributed by atoms with Gasteiger partial charge in [0.15, 0.2) is 5.96 Å². The molecule has 1 aromatic rings. The molecule has 1 N–H and O–H groups in total. The summed E-state index contributed by atoms with van der Waals surface area (Å²) in [6.07, 6.45) is 1.88. The first kappa shape index (κ1) is 20.8. The molecule has 0 amide bonds. The SMILES string of the molecule is CN=C(NCC(C)(C)CCS(C)(=O)=O)N(C)Cc1cccc(Cl)c1. The lowest BCUT2D eigenvalue weighted by atomic mass is 9.90. The van der Waals surface area contributed by atoms with Gasteiger partial charge < -0.3 is 10.2 Å². The summed E-state index contributed by atoms with van der Waals surface area (Å²) in [5.74, 6) is 0.959. The monoisotopic (exact) mass is 373 g/mol. The van der Waals surface area contributed by atoms with Crippen molar-refractivity contribution in [2.45, 2.75) is 26.8 Å². The highest BCUT2D eigenvalue weighted by atomic mass is 35.5. The third-order valence-corrected chi connectivity index (χ3v) is 4.94. The fourth-order valence-electron chi connectivity index (χ4n) is 2.24. The second-order valence-corrected chi connectivity index (χ2v) is 9.63. The lowest BCUT2D eigenvalue weighted by Gasteiger charge is -2.28. The van der Waals surface area contributed by atoms with Crippen LogP contribution in [0.15, 0.2) is 29.3 Å². The molecule has 1 aromatic carbocycles. The van der Waals surface area contributed by atoms with Crippen molar-refractivity contribution >= 4 is 27.4 Å². The molecular weight excluding hydrogens is 346 g/mol. The van der Waals surface area contributed by atoms with Gasteiger partial charge in [0.1, 0.15) is 9.84 Å². The van der Waals surface area contributed by atoms with E-state index in [0.29, 0.717) is 24.5 Å². The van der Waals surface area contributed by atoms with Gasteiger partial charge in [-0.3, -0.25) is 4.99 Å². The number of halogens is 1. The highest BCUT2D eigenvalue weighted by Crippen LogP contribution is 2.20. The number of guanidine groups is 1. The Morgan fingerprint density at radius 2 is 2.04 bits per heavy atom. The normalized spacial score (nSPS) is 13.0. The molecule has 0 saturated heterocycles. The van der Waals surface area contributed by atoms with Crippen LogP contribution in [0, 0.1) is 5.41 Å². The molecule has 0 fully saturated rings. The molecule has 24 heavy (non-hydrogen) atoms. The topological polar surface area (TPSA) is 61.8 Å². The number of rotatable bonds is 7. The van der Waals surface area contributed by atoms with Crippen LogP contribution in [-0.2, 0) is 16.4 Å². The van der Waals surface area contributed by atoms with Gasteiger partial charge in [-0.2, -0.15) is 0 Å². The van der Waals surface area contributed by atoms with Crippen molar-refractivity contribution in [1.82, 2.24) is 10.2 Å². The molecule has 0 aliphatic carbocycles. The molecule has 0 spiro atoms. The van der Waals surface area contributed by atoms with Crippen molar-refractivity contribution in [1.29, 1.82) is 0 Å².